The van der Waals surface area contributed by atoms with E-state index >= 15 is 0 Å². The summed E-state index contributed by atoms with van der Waals surface area (Å²) in [7, 11) is 0. The van der Waals surface area contributed by atoms with Gasteiger partial charge in [0, 0.05) is 18.7 Å². The number of amides is 4. The van der Waals surface area contributed by atoms with Gasteiger partial charge in [-0.25, -0.2) is 0 Å². The summed E-state index contributed by atoms with van der Waals surface area (Å²) in [6.45, 7) is 7.88. The molecule has 0 saturated carbocycles. The third kappa shape index (κ3) is 21.0. The maximum Gasteiger partial charge on any atom is 0.246 e. The summed E-state index contributed by atoms with van der Waals surface area (Å²) in [6.07, 6.45) is 1.94. The van der Waals surface area contributed by atoms with Crippen LogP contribution in [-0.4, -0.2) is 81.5 Å². The number of aliphatic hydroxyl groups excluding tert-OH is 1. The number of nitrogens with one attached hydrogen (secondary N) is 3. The van der Waals surface area contributed by atoms with E-state index in [1.807, 2.05) is 13.8 Å². The van der Waals surface area contributed by atoms with Gasteiger partial charge in [0.2, 0.25) is 17.7 Å². The molecule has 13 heteroatoms. The van der Waals surface area contributed by atoms with E-state index in [9.17, 15) is 19.2 Å². The van der Waals surface area contributed by atoms with E-state index < -0.39 is 11.9 Å². The van der Waals surface area contributed by atoms with Gasteiger partial charge >= 0.3 is 0 Å². The summed E-state index contributed by atoms with van der Waals surface area (Å²) in [5.74, 6) is -0.628. The molecule has 0 bridgehead atoms. The van der Waals surface area contributed by atoms with Crippen LogP contribution in [0.1, 0.15) is 32.8 Å². The van der Waals surface area contributed by atoms with Crippen LogP contribution in [0.25, 0.3) is 0 Å². The van der Waals surface area contributed by atoms with Crippen molar-refractivity contribution in [3.05, 3.63) is 29.8 Å². The van der Waals surface area contributed by atoms with E-state index in [1.165, 1.54) is 6.41 Å². The first-order valence-electron chi connectivity index (χ1n) is 11.6. The molecule has 0 saturated heterocycles. The van der Waals surface area contributed by atoms with Crippen molar-refractivity contribution in [2.45, 2.75) is 39.8 Å². The monoisotopic (exact) mass is 768 g/mol. The molecule has 0 fully saturated rings. The number of aliphatic hydroxyl groups is 1. The second-order valence-electron chi connectivity index (χ2n) is 8.00. The van der Waals surface area contributed by atoms with Gasteiger partial charge < -0.3 is 45.8 Å². The maximum absolute atomic E-state index is 11.9. The van der Waals surface area contributed by atoms with Crippen LogP contribution >= 0.6 is 0 Å². The van der Waals surface area contributed by atoms with Crippen molar-refractivity contribution < 1.29 is 38.5 Å². The van der Waals surface area contributed by atoms with Gasteiger partial charge in [-0.2, -0.15) is 6.41 Å². The van der Waals surface area contributed by atoms with Crippen LogP contribution in [0.15, 0.2) is 24.3 Å². The van der Waals surface area contributed by atoms with E-state index in [-0.39, 0.29) is 30.9 Å². The zero-order valence-corrected chi connectivity index (χ0v) is 23.9. The Labute approximate surface area is 212 Å². The fraction of sp³-hybridized carbons (Fsp3) is 0.583. The molecule has 1 atom stereocenters. The smallest absolute Gasteiger partial charge is 0.246 e. The molecule has 1 aromatic carbocycles. The van der Waals surface area contributed by atoms with Gasteiger partial charge in [-0.1, -0.05) is 26.0 Å². The summed E-state index contributed by atoms with van der Waals surface area (Å²) >= 11 is 0. The number of benzene rings is 1. The number of carbonyl (C=O) groups excluding carboxylic acids is 4. The number of hydrogen-bond donors (Lipinski definition) is 5. The molecule has 37 heavy (non-hydrogen) atoms. The fourth-order valence-corrected chi connectivity index (χ4v) is 2.47. The summed E-state index contributed by atoms with van der Waals surface area (Å²) in [5.41, 5.74) is 6.27. The van der Waals surface area contributed by atoms with Crippen molar-refractivity contribution >= 4 is 29.8 Å². The van der Waals surface area contributed by atoms with Crippen LogP contribution in [0.4, 0.5) is 5.69 Å². The first-order chi connectivity index (χ1) is 17.2. The molecule has 0 aliphatic carbocycles. The zero-order valence-electron chi connectivity index (χ0n) is 21.5. The molecule has 6 N–H and O–H groups in total. The molecule has 12 nitrogen and oxygen atoms in total. The van der Waals surface area contributed by atoms with Gasteiger partial charge in [0.05, 0.1) is 39.6 Å². The third-order valence-corrected chi connectivity index (χ3v) is 4.20. The fourth-order valence-electron chi connectivity index (χ4n) is 2.47. The van der Waals surface area contributed by atoms with Crippen molar-refractivity contribution in [2.24, 2.45) is 11.7 Å². The average molecular weight is 769 g/mol. The summed E-state index contributed by atoms with van der Waals surface area (Å²) < 4.78 is 15.1. The second kappa shape index (κ2) is 22.4. The Bertz CT molecular complexity index is 766. The Balaban J connectivity index is 0. The van der Waals surface area contributed by atoms with E-state index in [1.54, 1.807) is 31.2 Å². The van der Waals surface area contributed by atoms with Crippen molar-refractivity contribution in [1.29, 1.82) is 0 Å². The molecular weight excluding hydrogens is 729 g/mol. The number of ether oxygens (including phenoxy) is 3. The maximum atomic E-state index is 11.9. The predicted molar refractivity (Wildman–Crippen MR) is 133 cm³/mol. The molecule has 0 spiro atoms. The Morgan fingerprint density at radius 1 is 0.973 bits per heavy atom. The van der Waals surface area contributed by atoms with E-state index in [4.69, 9.17) is 25.1 Å². The van der Waals surface area contributed by atoms with Crippen LogP contribution in [0.5, 0.6) is 0 Å². The first kappa shape index (κ1) is 35.1. The van der Waals surface area contributed by atoms with Crippen LogP contribution in [-0.2, 0) is 40.0 Å². The largest absolute Gasteiger partial charge is 0.528 e. The predicted octanol–water partition coefficient (Wildman–Crippen LogP) is -0.153. The van der Waals surface area contributed by atoms with Crippen molar-refractivity contribution in [3.63, 3.8) is 0 Å². The standard InChI is InChI=1S/C15H22N2O3.C9H17N2O5.Fm/c1-10(2)8-14(19)16-11(3)15(20)17-13-6-4-12(9-18)5-7-13;10-9(13)7-16-6-5-15-4-3-14-2-1-11-8-12;/h4-7,10-11,18H,8-9H2,1-3H3,(H,16,19)(H,17,20);1-7H2,(H2,10,13)(H,11,12);/q;-1;. The van der Waals surface area contributed by atoms with Crippen molar-refractivity contribution in [2.75, 3.05) is 51.5 Å². The SMILES string of the molecule is CC(C)CC(=O)NC(C)C(=O)Nc1ccc(CO)cc1.NC(=O)COCCOCCOCCN[C-]=O.[Fm]. The number of carbonyl (C=O) groups is 3. The second-order valence-corrected chi connectivity index (χ2v) is 8.00. The van der Waals surface area contributed by atoms with Gasteiger partial charge in [-0.15, -0.1) is 0 Å². The summed E-state index contributed by atoms with van der Waals surface area (Å²) in [4.78, 5) is 43.5. The summed E-state index contributed by atoms with van der Waals surface area (Å²) in [5, 5.41) is 16.7. The quantitative estimate of drug-likeness (QED) is 0.0778. The minimum atomic E-state index is -0.584. The number of anilines is 1. The molecule has 0 aliphatic heterocycles. The van der Waals surface area contributed by atoms with Crippen LogP contribution in [0, 0.1) is 5.92 Å². The first-order valence-corrected chi connectivity index (χ1v) is 11.6. The average Bonchev–Trinajstić information content (AvgIpc) is 2.82. The van der Waals surface area contributed by atoms with Gasteiger partial charge in [0.25, 0.3) is 0 Å². The van der Waals surface area contributed by atoms with Gasteiger partial charge in [-0.05, 0) is 30.5 Å². The number of nitrogens with two attached hydrogens (primary N) is 1. The number of hydrogen-bond acceptors (Lipinski definition) is 8. The summed E-state index contributed by atoms with van der Waals surface area (Å²) in [6, 6.07) is 6.31. The molecule has 0 radical (unpaired) electrons. The molecule has 216 valence electrons. The normalized spacial score (nSPS) is 10.8. The number of primary amides is 1. The van der Waals surface area contributed by atoms with Gasteiger partial charge in [0.1, 0.15) is 12.6 Å². The van der Waals surface area contributed by atoms with Crippen LogP contribution < -0.4 is 21.7 Å². The molecule has 0 heterocycles. The topological polar surface area (TPSA) is 178 Å². The Hall–Kier alpha value is -4.06. The van der Waals surface area contributed by atoms with Crippen molar-refractivity contribution in [3.8, 4) is 0 Å². The molecule has 1 aromatic rings. The third-order valence-electron chi connectivity index (χ3n) is 4.20. The minimum absolute atomic E-state index is 0. The Morgan fingerprint density at radius 3 is 2.05 bits per heavy atom. The molecular formula is C24H39FmN4O8-. The molecule has 4 amide bonds. The van der Waals surface area contributed by atoms with Crippen molar-refractivity contribution in [1.82, 2.24) is 10.6 Å². The molecule has 0 aromatic heterocycles. The number of rotatable bonds is 18. The van der Waals surface area contributed by atoms with E-state index in [0.717, 1.165) is 5.56 Å². The van der Waals surface area contributed by atoms with Gasteiger partial charge in [0.15, 0.2) is 0 Å². The van der Waals surface area contributed by atoms with Crippen LogP contribution in [0.3, 0.4) is 0 Å². The van der Waals surface area contributed by atoms with E-state index in [2.05, 4.69) is 16.0 Å². The minimum Gasteiger partial charge on any atom is -0.528 e. The Kier molecular flexibility index (Phi) is 21.3. The zero-order chi connectivity index (χ0) is 27.2. The molecule has 1 rings (SSSR count). The van der Waals surface area contributed by atoms with E-state index in [0.29, 0.717) is 51.7 Å². The Morgan fingerprint density at radius 2 is 1.54 bits per heavy atom. The van der Waals surface area contributed by atoms with Crippen LogP contribution in [0.2, 0.25) is 0 Å². The van der Waals surface area contributed by atoms with Gasteiger partial charge in [-0.3, -0.25) is 14.4 Å². The molecule has 0 aliphatic rings. The molecule has 1 unspecified atom stereocenters.